The third kappa shape index (κ3) is 5.29. The Bertz CT molecular complexity index is 751. The number of hydrogen-bond donors (Lipinski definition) is 0. The maximum Gasteiger partial charge on any atom is 0.226 e. The Hall–Kier alpha value is -1.21. The van der Waals surface area contributed by atoms with Crippen molar-refractivity contribution < 1.29 is 9.00 Å². The Balaban J connectivity index is 1.92. The van der Waals surface area contributed by atoms with Crippen LogP contribution in [0.25, 0.3) is 0 Å². The predicted octanol–water partition coefficient (Wildman–Crippen LogP) is 4.05. The summed E-state index contributed by atoms with van der Waals surface area (Å²) in [5.41, 5.74) is 1.13. The summed E-state index contributed by atoms with van der Waals surface area (Å²) in [6, 6.07) is 7.96. The molecule has 3 rings (SSSR count). The van der Waals surface area contributed by atoms with Gasteiger partial charge < -0.3 is 4.90 Å². The molecule has 1 aliphatic carbocycles. The van der Waals surface area contributed by atoms with E-state index in [0.717, 1.165) is 31.2 Å². The van der Waals surface area contributed by atoms with E-state index in [9.17, 15) is 9.00 Å². The summed E-state index contributed by atoms with van der Waals surface area (Å²) in [7, 11) is 5.49. The molecular weight excluding hydrogens is 406 g/mol. The molecule has 1 aromatic rings. The Kier molecular flexibility index (Phi) is 7.54. The number of hydrogen-bond acceptors (Lipinski definition) is 2. The van der Waals surface area contributed by atoms with Gasteiger partial charge in [-0.1, -0.05) is 29.8 Å². The van der Waals surface area contributed by atoms with Gasteiger partial charge in [0.15, 0.2) is 11.2 Å². The second-order valence-electron chi connectivity index (χ2n) is 8.37. The number of allylic oxidation sites excluding steroid dienone is 1. The van der Waals surface area contributed by atoms with E-state index in [-0.39, 0.29) is 23.9 Å². The van der Waals surface area contributed by atoms with Crippen molar-refractivity contribution in [1.29, 1.82) is 0 Å². The van der Waals surface area contributed by atoms with Crippen LogP contribution >= 0.6 is 11.6 Å². The summed E-state index contributed by atoms with van der Waals surface area (Å²) >= 11 is 4.88. The van der Waals surface area contributed by atoms with Crippen molar-refractivity contribution in [2.75, 3.05) is 27.7 Å². The molecule has 0 aromatic heterocycles. The molecular formula is C22H32ClN3O2S. The summed E-state index contributed by atoms with van der Waals surface area (Å²) in [4.78, 5) is 15.7. The van der Waals surface area contributed by atoms with Crippen LogP contribution in [0, 0.1) is 11.8 Å². The number of halogens is 1. The van der Waals surface area contributed by atoms with E-state index in [0.29, 0.717) is 23.9 Å². The quantitative estimate of drug-likeness (QED) is 0.547. The SMILES string of the molecule is C=CCC1CCC(c2ccc(Cl)cc2)N(C(CN(C)S(=O)N(C)C)C2CC2)C1=O. The van der Waals surface area contributed by atoms with Crippen molar-refractivity contribution in [3.8, 4) is 0 Å². The van der Waals surface area contributed by atoms with Crippen LogP contribution < -0.4 is 0 Å². The average Bonchev–Trinajstić information content (AvgIpc) is 3.53. The van der Waals surface area contributed by atoms with Crippen LogP contribution in [0.5, 0.6) is 0 Å². The van der Waals surface area contributed by atoms with E-state index in [1.807, 2.05) is 41.7 Å². The first kappa shape index (κ1) is 22.5. The molecule has 4 unspecified atom stereocenters. The molecule has 29 heavy (non-hydrogen) atoms. The van der Waals surface area contributed by atoms with E-state index in [1.165, 1.54) is 0 Å². The molecule has 1 heterocycles. The first-order chi connectivity index (χ1) is 13.8. The molecule has 0 N–H and O–H groups in total. The lowest BCUT2D eigenvalue weighted by Gasteiger charge is -2.45. The van der Waals surface area contributed by atoms with Gasteiger partial charge in [0.2, 0.25) is 5.91 Å². The van der Waals surface area contributed by atoms with Crippen LogP contribution in [-0.2, 0) is 16.0 Å². The minimum Gasteiger partial charge on any atom is -0.331 e. The van der Waals surface area contributed by atoms with Crippen LogP contribution in [0.4, 0.5) is 0 Å². The molecule has 4 atom stereocenters. The molecule has 1 aliphatic heterocycles. The summed E-state index contributed by atoms with van der Waals surface area (Å²) in [5.74, 6) is 0.664. The van der Waals surface area contributed by atoms with Gasteiger partial charge in [0, 0.05) is 44.7 Å². The first-order valence-electron chi connectivity index (χ1n) is 10.3. The number of carbonyl (C=O) groups is 1. The molecule has 7 heteroatoms. The van der Waals surface area contributed by atoms with Crippen molar-refractivity contribution >= 4 is 28.7 Å². The lowest BCUT2D eigenvalue weighted by molar-refractivity contribution is -0.146. The molecule has 0 radical (unpaired) electrons. The second kappa shape index (κ2) is 9.73. The lowest BCUT2D eigenvalue weighted by Crippen LogP contribution is -2.54. The second-order valence-corrected chi connectivity index (χ2v) is 10.6. The van der Waals surface area contributed by atoms with E-state index in [2.05, 4.69) is 11.5 Å². The van der Waals surface area contributed by atoms with Crippen molar-refractivity contribution in [2.45, 2.75) is 44.2 Å². The van der Waals surface area contributed by atoms with Gasteiger partial charge >= 0.3 is 0 Å². The zero-order valence-corrected chi connectivity index (χ0v) is 19.2. The summed E-state index contributed by atoms with van der Waals surface area (Å²) < 4.78 is 16.1. The standard InChI is InChI=1S/C22H32ClN3O2S/c1-5-6-18-11-14-20(16-9-12-19(23)13-10-16)26(22(18)27)21(17-7-8-17)15-25(4)29(28)24(2)3/h5,9-10,12-13,17-18,20-21H,1,6-8,11,14-15H2,2-4H3. The van der Waals surface area contributed by atoms with Gasteiger partial charge in [-0.15, -0.1) is 6.58 Å². The van der Waals surface area contributed by atoms with E-state index in [4.69, 9.17) is 11.6 Å². The minimum atomic E-state index is -1.22. The third-order valence-electron chi connectivity index (χ3n) is 5.98. The number of likely N-dealkylation sites (N-methyl/N-ethyl adjacent to an activating group) is 1. The fraction of sp³-hybridized carbons (Fsp3) is 0.591. The monoisotopic (exact) mass is 437 g/mol. The van der Waals surface area contributed by atoms with Crippen LogP contribution in [0.15, 0.2) is 36.9 Å². The maximum absolute atomic E-state index is 13.6. The summed E-state index contributed by atoms with van der Waals surface area (Å²) in [5, 5.41) is 0.701. The van der Waals surface area contributed by atoms with E-state index < -0.39 is 11.2 Å². The fourth-order valence-electron chi connectivity index (χ4n) is 4.36. The molecule has 2 aliphatic rings. The number of piperidine rings is 1. The van der Waals surface area contributed by atoms with Crippen LogP contribution in [0.1, 0.15) is 43.7 Å². The molecule has 160 valence electrons. The molecule has 1 amide bonds. The smallest absolute Gasteiger partial charge is 0.226 e. The largest absolute Gasteiger partial charge is 0.331 e. The molecule has 5 nitrogen and oxygen atoms in total. The Labute approximate surface area is 182 Å². The predicted molar refractivity (Wildman–Crippen MR) is 120 cm³/mol. The zero-order valence-electron chi connectivity index (χ0n) is 17.6. The third-order valence-corrected chi connectivity index (χ3v) is 7.54. The number of benzene rings is 1. The maximum atomic E-state index is 13.6. The van der Waals surface area contributed by atoms with Crippen molar-refractivity contribution in [3.05, 3.63) is 47.5 Å². The first-order valence-corrected chi connectivity index (χ1v) is 11.8. The fourth-order valence-corrected chi connectivity index (χ4v) is 5.33. The van der Waals surface area contributed by atoms with Crippen molar-refractivity contribution in [3.63, 3.8) is 0 Å². The average molecular weight is 438 g/mol. The number of nitrogens with zero attached hydrogens (tertiary/aromatic N) is 3. The molecule has 1 saturated heterocycles. The van der Waals surface area contributed by atoms with Crippen LogP contribution in [-0.4, -0.2) is 57.4 Å². The van der Waals surface area contributed by atoms with Crippen LogP contribution in [0.3, 0.4) is 0 Å². The highest BCUT2D eigenvalue weighted by Crippen LogP contribution is 2.44. The Morgan fingerprint density at radius 2 is 1.86 bits per heavy atom. The summed E-state index contributed by atoms with van der Waals surface area (Å²) in [6.07, 6.45) is 6.59. The molecule has 1 saturated carbocycles. The lowest BCUT2D eigenvalue weighted by atomic mass is 9.84. The molecule has 1 aromatic carbocycles. The topological polar surface area (TPSA) is 43.9 Å². The Morgan fingerprint density at radius 1 is 1.21 bits per heavy atom. The highest BCUT2D eigenvalue weighted by molar-refractivity contribution is 7.80. The number of carbonyl (C=O) groups excluding carboxylic acids is 1. The van der Waals surface area contributed by atoms with Gasteiger partial charge in [-0.05, 0) is 55.7 Å². The highest BCUT2D eigenvalue weighted by atomic mass is 35.5. The Morgan fingerprint density at radius 3 is 2.41 bits per heavy atom. The van der Waals surface area contributed by atoms with Gasteiger partial charge in [0.05, 0.1) is 6.04 Å². The minimum absolute atomic E-state index is 0.0121. The van der Waals surface area contributed by atoms with Gasteiger partial charge in [0.25, 0.3) is 0 Å². The van der Waals surface area contributed by atoms with Gasteiger partial charge in [-0.3, -0.25) is 4.79 Å². The molecule has 0 bridgehead atoms. The van der Waals surface area contributed by atoms with Gasteiger partial charge in [-0.25, -0.2) is 12.8 Å². The molecule has 2 fully saturated rings. The van der Waals surface area contributed by atoms with Crippen LogP contribution in [0.2, 0.25) is 5.02 Å². The number of rotatable bonds is 9. The highest BCUT2D eigenvalue weighted by Gasteiger charge is 2.45. The number of likely N-dealkylation sites (tertiary alicyclic amines) is 1. The van der Waals surface area contributed by atoms with Gasteiger partial charge in [0.1, 0.15) is 0 Å². The van der Waals surface area contributed by atoms with Crippen molar-refractivity contribution in [2.24, 2.45) is 11.8 Å². The molecule has 0 spiro atoms. The van der Waals surface area contributed by atoms with E-state index in [1.54, 1.807) is 18.4 Å². The van der Waals surface area contributed by atoms with E-state index >= 15 is 0 Å². The normalized spacial score (nSPS) is 24.8. The van der Waals surface area contributed by atoms with Crippen molar-refractivity contribution in [1.82, 2.24) is 13.5 Å². The zero-order chi connectivity index (χ0) is 21.1. The summed E-state index contributed by atoms with van der Waals surface area (Å²) in [6.45, 7) is 4.45. The van der Waals surface area contributed by atoms with Gasteiger partial charge in [-0.2, -0.15) is 0 Å². The number of amides is 1.